The van der Waals surface area contributed by atoms with Crippen molar-refractivity contribution in [2.24, 2.45) is 0 Å². The number of unbranched alkanes of at least 4 members (excludes halogenated alkanes) is 1. The molecule has 0 fully saturated rings. The van der Waals surface area contributed by atoms with Gasteiger partial charge in [0.15, 0.2) is 0 Å². The maximum Gasteiger partial charge on any atom is 0.145 e. The van der Waals surface area contributed by atoms with E-state index in [0.717, 1.165) is 25.0 Å². The number of aromatic nitrogens is 1. The minimum Gasteiger partial charge on any atom is -0.379 e. The van der Waals surface area contributed by atoms with Gasteiger partial charge in [-0.25, -0.2) is 4.98 Å². The first kappa shape index (κ1) is 13.6. The van der Waals surface area contributed by atoms with E-state index in [2.05, 4.69) is 11.9 Å². The maximum atomic E-state index is 8.83. The van der Waals surface area contributed by atoms with Crippen LogP contribution in [-0.2, 0) is 16.1 Å². The fourth-order valence-corrected chi connectivity index (χ4v) is 1.30. The summed E-state index contributed by atoms with van der Waals surface area (Å²) in [4.78, 5) is 3.96. The molecule has 0 saturated carbocycles. The monoisotopic (exact) mass is 234 g/mol. The van der Waals surface area contributed by atoms with Crippen molar-refractivity contribution < 1.29 is 9.47 Å². The second kappa shape index (κ2) is 8.68. The van der Waals surface area contributed by atoms with Crippen LogP contribution >= 0.6 is 0 Å². The molecule has 0 spiro atoms. The summed E-state index contributed by atoms with van der Waals surface area (Å²) in [6, 6.07) is 5.70. The summed E-state index contributed by atoms with van der Waals surface area (Å²) in [5.41, 5.74) is 1.25. The minimum atomic E-state index is 0.411. The Morgan fingerprint density at radius 3 is 2.88 bits per heavy atom. The SMILES string of the molecule is CCCCOCCOCc1cccnc1C#N. The maximum absolute atomic E-state index is 8.83. The zero-order chi connectivity index (χ0) is 12.3. The molecule has 0 aliphatic carbocycles. The molecular formula is C13H18N2O2. The van der Waals surface area contributed by atoms with E-state index in [1.807, 2.05) is 12.1 Å². The highest BCUT2D eigenvalue weighted by molar-refractivity contribution is 5.29. The molecule has 92 valence electrons. The molecule has 4 nitrogen and oxygen atoms in total. The van der Waals surface area contributed by atoms with Crippen LogP contribution in [0.15, 0.2) is 18.3 Å². The Hall–Kier alpha value is -1.44. The summed E-state index contributed by atoms with van der Waals surface area (Å²) in [6.45, 7) is 4.47. The fourth-order valence-electron chi connectivity index (χ4n) is 1.30. The van der Waals surface area contributed by atoms with Gasteiger partial charge in [-0.3, -0.25) is 0 Å². The standard InChI is InChI=1S/C13H18N2O2/c1-2-3-7-16-8-9-17-11-12-5-4-6-15-13(12)10-14/h4-6H,2-3,7-9,11H2,1H3. The first-order chi connectivity index (χ1) is 8.38. The van der Waals surface area contributed by atoms with E-state index >= 15 is 0 Å². The van der Waals surface area contributed by atoms with Gasteiger partial charge >= 0.3 is 0 Å². The summed E-state index contributed by atoms with van der Waals surface area (Å²) in [6.07, 6.45) is 3.83. The highest BCUT2D eigenvalue weighted by Crippen LogP contribution is 2.05. The molecule has 17 heavy (non-hydrogen) atoms. The van der Waals surface area contributed by atoms with Crippen molar-refractivity contribution in [3.63, 3.8) is 0 Å². The van der Waals surface area contributed by atoms with E-state index in [1.54, 1.807) is 12.3 Å². The number of rotatable bonds is 8. The number of nitriles is 1. The topological polar surface area (TPSA) is 55.1 Å². The average molecular weight is 234 g/mol. The molecule has 0 radical (unpaired) electrons. The van der Waals surface area contributed by atoms with Crippen LogP contribution in [0.3, 0.4) is 0 Å². The second-order valence-corrected chi connectivity index (χ2v) is 3.64. The Bertz CT molecular complexity index is 361. The molecule has 0 aliphatic heterocycles. The third-order valence-corrected chi connectivity index (χ3v) is 2.27. The van der Waals surface area contributed by atoms with Crippen LogP contribution in [0.25, 0.3) is 0 Å². The minimum absolute atomic E-state index is 0.411. The normalized spacial score (nSPS) is 10.1. The van der Waals surface area contributed by atoms with Gasteiger partial charge in [0.25, 0.3) is 0 Å². The quantitative estimate of drug-likeness (QED) is 0.647. The van der Waals surface area contributed by atoms with Crippen LogP contribution in [0, 0.1) is 11.3 Å². The van der Waals surface area contributed by atoms with Crippen LogP contribution in [0.5, 0.6) is 0 Å². The molecule has 0 amide bonds. The average Bonchev–Trinajstić information content (AvgIpc) is 2.38. The van der Waals surface area contributed by atoms with Crippen molar-refractivity contribution in [1.82, 2.24) is 4.98 Å². The molecule has 0 aromatic carbocycles. The first-order valence-electron chi connectivity index (χ1n) is 5.88. The molecule has 0 saturated heterocycles. The summed E-state index contributed by atoms with van der Waals surface area (Å²) in [5.74, 6) is 0. The highest BCUT2D eigenvalue weighted by atomic mass is 16.5. The Kier molecular flexibility index (Phi) is 6.96. The Morgan fingerprint density at radius 1 is 1.29 bits per heavy atom. The zero-order valence-electron chi connectivity index (χ0n) is 10.2. The Labute approximate surface area is 102 Å². The van der Waals surface area contributed by atoms with E-state index in [1.165, 1.54) is 0 Å². The fraction of sp³-hybridized carbons (Fsp3) is 0.538. The zero-order valence-corrected chi connectivity index (χ0v) is 10.2. The lowest BCUT2D eigenvalue weighted by atomic mass is 10.2. The van der Waals surface area contributed by atoms with Crippen molar-refractivity contribution >= 4 is 0 Å². The lowest BCUT2D eigenvalue weighted by molar-refractivity contribution is 0.0395. The molecule has 0 unspecified atom stereocenters. The number of hydrogen-bond donors (Lipinski definition) is 0. The summed E-state index contributed by atoms with van der Waals surface area (Å²) in [7, 11) is 0. The molecule has 0 atom stereocenters. The predicted octanol–water partition coefficient (Wildman–Crippen LogP) is 2.29. The second-order valence-electron chi connectivity index (χ2n) is 3.64. The Morgan fingerprint density at radius 2 is 2.12 bits per heavy atom. The van der Waals surface area contributed by atoms with Gasteiger partial charge in [-0.15, -0.1) is 0 Å². The van der Waals surface area contributed by atoms with E-state index in [0.29, 0.717) is 25.5 Å². The van der Waals surface area contributed by atoms with Crippen molar-refractivity contribution in [1.29, 1.82) is 5.26 Å². The third kappa shape index (κ3) is 5.43. The molecular weight excluding hydrogens is 216 g/mol. The largest absolute Gasteiger partial charge is 0.379 e. The van der Waals surface area contributed by atoms with Gasteiger partial charge in [0.05, 0.1) is 19.8 Å². The lowest BCUT2D eigenvalue weighted by Crippen LogP contribution is -2.06. The van der Waals surface area contributed by atoms with E-state index in [4.69, 9.17) is 14.7 Å². The number of pyridine rings is 1. The van der Waals surface area contributed by atoms with Gasteiger partial charge in [0.2, 0.25) is 0 Å². The predicted molar refractivity (Wildman–Crippen MR) is 64.3 cm³/mol. The van der Waals surface area contributed by atoms with Crippen molar-refractivity contribution in [3.05, 3.63) is 29.6 Å². The van der Waals surface area contributed by atoms with Crippen LogP contribution in [0.4, 0.5) is 0 Å². The molecule has 4 heteroatoms. The van der Waals surface area contributed by atoms with Crippen LogP contribution in [0.1, 0.15) is 31.0 Å². The van der Waals surface area contributed by atoms with Gasteiger partial charge in [-0.2, -0.15) is 5.26 Å². The molecule has 1 heterocycles. The van der Waals surface area contributed by atoms with Crippen LogP contribution in [0.2, 0.25) is 0 Å². The van der Waals surface area contributed by atoms with E-state index in [-0.39, 0.29) is 0 Å². The molecule has 0 bridgehead atoms. The van der Waals surface area contributed by atoms with Crippen LogP contribution in [-0.4, -0.2) is 24.8 Å². The summed E-state index contributed by atoms with van der Waals surface area (Å²) >= 11 is 0. The van der Waals surface area contributed by atoms with Crippen molar-refractivity contribution in [2.45, 2.75) is 26.4 Å². The lowest BCUT2D eigenvalue weighted by Gasteiger charge is -2.06. The van der Waals surface area contributed by atoms with Crippen molar-refractivity contribution in [2.75, 3.05) is 19.8 Å². The van der Waals surface area contributed by atoms with Gasteiger partial charge in [-0.05, 0) is 12.5 Å². The first-order valence-corrected chi connectivity index (χ1v) is 5.88. The molecule has 1 aromatic heterocycles. The van der Waals surface area contributed by atoms with E-state index < -0.39 is 0 Å². The number of hydrogen-bond acceptors (Lipinski definition) is 4. The smallest absolute Gasteiger partial charge is 0.145 e. The van der Waals surface area contributed by atoms with E-state index in [9.17, 15) is 0 Å². The van der Waals surface area contributed by atoms with Crippen molar-refractivity contribution in [3.8, 4) is 6.07 Å². The van der Waals surface area contributed by atoms with Gasteiger partial charge in [-0.1, -0.05) is 19.4 Å². The van der Waals surface area contributed by atoms with Crippen LogP contribution < -0.4 is 0 Å². The highest BCUT2D eigenvalue weighted by Gasteiger charge is 2.01. The molecule has 0 N–H and O–H groups in total. The summed E-state index contributed by atoms with van der Waals surface area (Å²) < 4.78 is 10.8. The van der Waals surface area contributed by atoms with Gasteiger partial charge in [0.1, 0.15) is 11.8 Å². The van der Waals surface area contributed by atoms with Gasteiger partial charge < -0.3 is 9.47 Å². The number of ether oxygens (including phenoxy) is 2. The third-order valence-electron chi connectivity index (χ3n) is 2.27. The van der Waals surface area contributed by atoms with Gasteiger partial charge in [0, 0.05) is 18.4 Å². The molecule has 1 rings (SSSR count). The Balaban J connectivity index is 2.16. The molecule has 0 aliphatic rings. The molecule has 1 aromatic rings. The summed E-state index contributed by atoms with van der Waals surface area (Å²) in [5, 5.41) is 8.83. The number of nitrogens with zero attached hydrogens (tertiary/aromatic N) is 2.